The van der Waals surface area contributed by atoms with Gasteiger partial charge in [-0.25, -0.2) is 0 Å². The van der Waals surface area contributed by atoms with E-state index in [1.165, 1.54) is 22.4 Å². The molecule has 0 aromatic carbocycles. The predicted molar refractivity (Wildman–Crippen MR) is 77.9 cm³/mol. The summed E-state index contributed by atoms with van der Waals surface area (Å²) < 4.78 is 0.761. The average Bonchev–Trinajstić information content (AvgIpc) is 3.12. The highest BCUT2D eigenvalue weighted by Gasteiger charge is 2.44. The van der Waals surface area contributed by atoms with E-state index in [1.54, 1.807) is 12.3 Å². The Morgan fingerprint density at radius 2 is 2.35 bits per heavy atom. The minimum absolute atomic E-state index is 0.0370. The van der Waals surface area contributed by atoms with E-state index in [-0.39, 0.29) is 17.6 Å². The number of carbonyl (C=O) groups is 1. The molecule has 3 rings (SSSR count). The first-order chi connectivity index (χ1) is 9.63. The fourth-order valence-corrected chi connectivity index (χ4v) is 3.46. The van der Waals surface area contributed by atoms with Crippen molar-refractivity contribution in [2.45, 2.75) is 18.9 Å². The van der Waals surface area contributed by atoms with Crippen LogP contribution in [0.1, 0.15) is 22.8 Å². The quantitative estimate of drug-likeness (QED) is 0.913. The minimum atomic E-state index is 0.0370. The predicted octanol–water partition coefficient (Wildman–Crippen LogP) is 2.92. The van der Waals surface area contributed by atoms with Crippen molar-refractivity contribution in [1.82, 2.24) is 10.3 Å². The molecule has 0 aliphatic heterocycles. The Bertz CT molecular complexity index is 644. The lowest BCUT2D eigenvalue weighted by Crippen LogP contribution is -2.24. The van der Waals surface area contributed by atoms with Crippen molar-refractivity contribution >= 4 is 28.8 Å². The minimum Gasteiger partial charge on any atom is -0.506 e. The second-order valence-corrected chi connectivity index (χ2v) is 6.61. The number of aromatic nitrogens is 1. The van der Waals surface area contributed by atoms with Crippen molar-refractivity contribution in [1.29, 1.82) is 0 Å². The number of amides is 1. The van der Waals surface area contributed by atoms with Gasteiger partial charge in [-0.05, 0) is 30.2 Å². The molecular weight excluding hydrogens is 296 g/mol. The van der Waals surface area contributed by atoms with Gasteiger partial charge in [-0.3, -0.25) is 9.78 Å². The first-order valence-corrected chi connectivity index (χ1v) is 7.49. The van der Waals surface area contributed by atoms with Crippen molar-refractivity contribution in [2.24, 2.45) is 5.92 Å². The number of nitrogens with zero attached hydrogens (tertiary/aromatic N) is 1. The van der Waals surface area contributed by atoms with E-state index in [0.29, 0.717) is 12.5 Å². The van der Waals surface area contributed by atoms with Gasteiger partial charge in [-0.1, -0.05) is 11.6 Å². The first kappa shape index (κ1) is 13.4. The molecule has 0 saturated heterocycles. The molecule has 4 nitrogen and oxygen atoms in total. The molecule has 20 heavy (non-hydrogen) atoms. The van der Waals surface area contributed by atoms with Gasteiger partial charge in [-0.15, -0.1) is 11.3 Å². The summed E-state index contributed by atoms with van der Waals surface area (Å²) in [7, 11) is 0. The number of pyridine rings is 1. The van der Waals surface area contributed by atoms with Crippen LogP contribution < -0.4 is 5.32 Å². The second kappa shape index (κ2) is 5.42. The van der Waals surface area contributed by atoms with Gasteiger partial charge in [0.05, 0.1) is 10.5 Å². The molecule has 2 heterocycles. The Labute approximate surface area is 125 Å². The zero-order valence-electron chi connectivity index (χ0n) is 10.5. The van der Waals surface area contributed by atoms with Gasteiger partial charge in [-0.2, -0.15) is 0 Å². The first-order valence-electron chi connectivity index (χ1n) is 6.29. The van der Waals surface area contributed by atoms with Crippen LogP contribution in [0.2, 0.25) is 4.34 Å². The fraction of sp³-hybridized carbons (Fsp3) is 0.286. The van der Waals surface area contributed by atoms with Gasteiger partial charge in [0.25, 0.3) is 0 Å². The molecule has 1 fully saturated rings. The van der Waals surface area contributed by atoms with Crippen LogP contribution in [-0.4, -0.2) is 16.0 Å². The van der Waals surface area contributed by atoms with E-state index >= 15 is 0 Å². The topological polar surface area (TPSA) is 62.2 Å². The molecule has 0 radical (unpaired) electrons. The molecule has 2 aromatic heterocycles. The molecule has 2 atom stereocenters. The fourth-order valence-electron chi connectivity index (χ4n) is 2.22. The summed E-state index contributed by atoms with van der Waals surface area (Å²) in [6.07, 6.45) is 3.87. The van der Waals surface area contributed by atoms with Crippen molar-refractivity contribution in [3.63, 3.8) is 0 Å². The van der Waals surface area contributed by atoms with E-state index in [1.807, 2.05) is 12.1 Å². The molecular formula is C14H13ClN2O2S. The monoisotopic (exact) mass is 308 g/mol. The maximum absolute atomic E-state index is 12.0. The Kier molecular flexibility index (Phi) is 3.63. The number of aromatic hydroxyl groups is 1. The summed E-state index contributed by atoms with van der Waals surface area (Å²) in [6, 6.07) is 5.45. The lowest BCUT2D eigenvalue weighted by atomic mass is 10.2. The largest absolute Gasteiger partial charge is 0.506 e. The lowest BCUT2D eigenvalue weighted by molar-refractivity contribution is -0.122. The number of hydrogen-bond acceptors (Lipinski definition) is 4. The SMILES string of the molecule is O=C(NCc1cncc(O)c1)[C@@H]1C[C@H]1c1ccc(Cl)s1. The van der Waals surface area contributed by atoms with Crippen LogP contribution in [0.5, 0.6) is 5.75 Å². The van der Waals surface area contributed by atoms with Crippen LogP contribution >= 0.6 is 22.9 Å². The molecule has 1 saturated carbocycles. The molecule has 104 valence electrons. The third kappa shape index (κ3) is 2.94. The third-order valence-electron chi connectivity index (χ3n) is 3.33. The van der Waals surface area contributed by atoms with Gasteiger partial charge in [0.15, 0.2) is 0 Å². The highest BCUT2D eigenvalue weighted by atomic mass is 35.5. The zero-order valence-corrected chi connectivity index (χ0v) is 12.1. The summed E-state index contributed by atoms with van der Waals surface area (Å²) >= 11 is 7.44. The van der Waals surface area contributed by atoms with Crippen molar-refractivity contribution in [3.8, 4) is 5.75 Å². The van der Waals surface area contributed by atoms with Crippen LogP contribution in [-0.2, 0) is 11.3 Å². The van der Waals surface area contributed by atoms with Crippen LogP contribution in [0.15, 0.2) is 30.6 Å². The second-order valence-electron chi connectivity index (χ2n) is 4.86. The average molecular weight is 309 g/mol. The van der Waals surface area contributed by atoms with E-state index < -0.39 is 0 Å². The standard InChI is InChI=1S/C14H13ClN2O2S/c15-13-2-1-12(20-13)10-4-11(10)14(19)17-6-8-3-9(18)7-16-5-8/h1-3,5,7,10-11,18H,4,6H2,(H,17,19)/t10-,11-/m1/s1. The smallest absolute Gasteiger partial charge is 0.224 e. The summed E-state index contributed by atoms with van der Waals surface area (Å²) in [5.41, 5.74) is 0.787. The maximum atomic E-state index is 12.0. The maximum Gasteiger partial charge on any atom is 0.224 e. The lowest BCUT2D eigenvalue weighted by Gasteiger charge is -2.04. The summed E-state index contributed by atoms with van der Waals surface area (Å²) in [5.74, 6) is 0.488. The van der Waals surface area contributed by atoms with Crippen LogP contribution in [0, 0.1) is 5.92 Å². The van der Waals surface area contributed by atoms with Crippen molar-refractivity contribution in [3.05, 3.63) is 45.4 Å². The van der Waals surface area contributed by atoms with Crippen molar-refractivity contribution < 1.29 is 9.90 Å². The summed E-state index contributed by atoms with van der Waals surface area (Å²) in [6.45, 7) is 0.384. The molecule has 0 bridgehead atoms. The highest BCUT2D eigenvalue weighted by molar-refractivity contribution is 7.16. The molecule has 2 aromatic rings. The van der Waals surface area contributed by atoms with Gasteiger partial charge >= 0.3 is 0 Å². The highest BCUT2D eigenvalue weighted by Crippen LogP contribution is 2.50. The molecule has 1 amide bonds. The van der Waals surface area contributed by atoms with E-state index in [0.717, 1.165) is 16.3 Å². The molecule has 0 spiro atoms. The van der Waals surface area contributed by atoms with Crippen LogP contribution in [0.4, 0.5) is 0 Å². The van der Waals surface area contributed by atoms with Crippen LogP contribution in [0.3, 0.4) is 0 Å². The molecule has 1 aliphatic carbocycles. The molecule has 6 heteroatoms. The van der Waals surface area contributed by atoms with Crippen molar-refractivity contribution in [2.75, 3.05) is 0 Å². The third-order valence-corrected chi connectivity index (χ3v) is 4.70. The number of carbonyl (C=O) groups excluding carboxylic acids is 1. The Hall–Kier alpha value is -1.59. The Morgan fingerprint density at radius 1 is 1.50 bits per heavy atom. The number of thiophene rings is 1. The Balaban J connectivity index is 1.54. The van der Waals surface area contributed by atoms with E-state index in [2.05, 4.69) is 10.3 Å². The number of nitrogens with one attached hydrogen (secondary N) is 1. The summed E-state index contributed by atoms with van der Waals surface area (Å²) in [4.78, 5) is 17.1. The van der Waals surface area contributed by atoms with E-state index in [4.69, 9.17) is 11.6 Å². The van der Waals surface area contributed by atoms with Gasteiger partial charge in [0, 0.05) is 29.5 Å². The molecule has 1 aliphatic rings. The molecule has 0 unspecified atom stereocenters. The normalized spacial score (nSPS) is 20.6. The van der Waals surface area contributed by atoms with E-state index in [9.17, 15) is 9.90 Å². The van der Waals surface area contributed by atoms with Gasteiger partial charge < -0.3 is 10.4 Å². The van der Waals surface area contributed by atoms with Crippen LogP contribution in [0.25, 0.3) is 0 Å². The molecule has 2 N–H and O–H groups in total. The number of rotatable bonds is 4. The van der Waals surface area contributed by atoms with Gasteiger partial charge in [0.1, 0.15) is 5.75 Å². The number of hydrogen-bond donors (Lipinski definition) is 2. The number of halogens is 1. The Morgan fingerprint density at radius 3 is 3.05 bits per heavy atom. The summed E-state index contributed by atoms with van der Waals surface area (Å²) in [5, 5.41) is 12.2. The zero-order chi connectivity index (χ0) is 14.1. The van der Waals surface area contributed by atoms with Gasteiger partial charge in [0.2, 0.25) is 5.91 Å².